The molecule has 0 bridgehead atoms. The van der Waals surface area contributed by atoms with Crippen molar-refractivity contribution in [2.75, 3.05) is 38.3 Å². The number of aliphatic hydroxyl groups excluding tert-OH is 3. The molecule has 9 heteroatoms. The zero-order valence-electron chi connectivity index (χ0n) is 55.3. The fourth-order valence-corrected chi connectivity index (χ4v) is 25.1. The lowest BCUT2D eigenvalue weighted by molar-refractivity contribution is -0.001000. The molecule has 0 heterocycles. The number of halogens is 3. The van der Waals surface area contributed by atoms with Crippen LogP contribution in [0, 0.1) is 0 Å². The second-order valence-corrected chi connectivity index (χ2v) is 33.9. The molecular weight excluding hydrogens is 1360 g/mol. The molecule has 9 aromatic carbocycles. The van der Waals surface area contributed by atoms with Gasteiger partial charge in [0, 0.05) is 39.1 Å². The normalized spacial score (nSPS) is 11.2. The van der Waals surface area contributed by atoms with Crippen LogP contribution in [0.3, 0.4) is 0 Å². The minimum absolute atomic E-state index is 0. The third-order valence-corrected chi connectivity index (χ3v) is 31.6. The molecule has 0 saturated heterocycles. The highest BCUT2D eigenvalue weighted by atomic mass is 127. The van der Waals surface area contributed by atoms with Crippen LogP contribution >= 0.6 is 21.8 Å². The Bertz CT molecular complexity index is 2680. The van der Waals surface area contributed by atoms with Crippen LogP contribution in [0.15, 0.2) is 218 Å². The molecule has 0 aliphatic heterocycles. The first-order valence-corrected chi connectivity index (χ1v) is 38.8. The predicted molar refractivity (Wildman–Crippen MR) is 390 cm³/mol. The first kappa shape index (κ1) is 78.1. The monoisotopic (exact) mass is 1460 g/mol. The molecule has 3 nitrogen and oxygen atoms in total. The zero-order chi connectivity index (χ0) is 62.1. The molecule has 0 saturated carbocycles. The molecule has 9 rings (SSSR count). The van der Waals surface area contributed by atoms with E-state index in [0.717, 1.165) is 95.5 Å². The van der Waals surface area contributed by atoms with E-state index < -0.39 is 21.8 Å². The van der Waals surface area contributed by atoms with Gasteiger partial charge >= 0.3 is 0 Å². The summed E-state index contributed by atoms with van der Waals surface area (Å²) in [6.45, 7) is 20.5. The van der Waals surface area contributed by atoms with Crippen molar-refractivity contribution < 1.29 is 68.7 Å². The summed E-state index contributed by atoms with van der Waals surface area (Å²) >= 11 is 0. The Labute approximate surface area is 579 Å². The quantitative estimate of drug-likeness (QED) is 0.0428. The molecule has 0 aliphatic rings. The lowest BCUT2D eigenvalue weighted by atomic mass is 10.2. The number of aliphatic hydroxyl groups is 3. The lowest BCUT2D eigenvalue weighted by Crippen LogP contribution is -3.00. The summed E-state index contributed by atoms with van der Waals surface area (Å²) in [7, 11) is -5.46. The van der Waals surface area contributed by atoms with Crippen molar-refractivity contribution in [1.29, 1.82) is 0 Å². The second-order valence-electron chi connectivity index (χ2n) is 23.0. The third-order valence-electron chi connectivity index (χ3n) is 18.0. The van der Waals surface area contributed by atoms with Crippen LogP contribution in [-0.2, 0) is 57.8 Å². The molecule has 480 valence electrons. The molecule has 0 aromatic heterocycles. The summed E-state index contributed by atoms with van der Waals surface area (Å²) in [5.74, 6) is 0. The number of aryl methyl sites for hydroxylation is 9. The molecule has 0 atom stereocenters. The topological polar surface area (TPSA) is 60.7 Å². The van der Waals surface area contributed by atoms with E-state index in [4.69, 9.17) is 0 Å². The van der Waals surface area contributed by atoms with Crippen molar-refractivity contribution >= 4 is 69.5 Å². The molecule has 0 amide bonds. The maximum atomic E-state index is 9.73. The minimum atomic E-state index is -1.82. The van der Waals surface area contributed by atoms with E-state index in [1.165, 1.54) is 97.8 Å². The Balaban J connectivity index is 0.000000284. The summed E-state index contributed by atoms with van der Waals surface area (Å²) in [5.41, 5.74) is 12.3. The molecule has 0 fully saturated rings. The molecule has 90 heavy (non-hydrogen) atoms. The third kappa shape index (κ3) is 19.2. The first-order valence-electron chi connectivity index (χ1n) is 32.8. The van der Waals surface area contributed by atoms with Gasteiger partial charge in [0.15, 0.2) is 0 Å². The molecule has 9 aromatic rings. The molecular formula is C81H102BrClIO3P3. The number of hydrogen-bond acceptors (Lipinski definition) is 3. The average Bonchev–Trinajstić information content (AvgIpc) is 0.979. The first-order chi connectivity index (χ1) is 42.5. The van der Waals surface area contributed by atoms with E-state index >= 15 is 0 Å². The summed E-state index contributed by atoms with van der Waals surface area (Å²) in [6, 6.07) is 83.2. The Morgan fingerprint density at radius 3 is 0.389 bits per heavy atom. The van der Waals surface area contributed by atoms with Gasteiger partial charge in [-0.05, 0) is 217 Å². The van der Waals surface area contributed by atoms with E-state index in [2.05, 4.69) is 281 Å². The van der Waals surface area contributed by atoms with Crippen molar-refractivity contribution in [2.24, 2.45) is 0 Å². The predicted octanol–water partition coefficient (Wildman–Crippen LogP) is 6.16. The van der Waals surface area contributed by atoms with Crippen molar-refractivity contribution in [1.82, 2.24) is 0 Å². The van der Waals surface area contributed by atoms with Gasteiger partial charge < -0.3 is 68.7 Å². The van der Waals surface area contributed by atoms with Crippen molar-refractivity contribution in [3.05, 3.63) is 268 Å². The van der Waals surface area contributed by atoms with E-state index in [1.807, 2.05) is 0 Å². The number of rotatable bonds is 27. The van der Waals surface area contributed by atoms with Crippen molar-refractivity contribution in [3.8, 4) is 0 Å². The summed E-state index contributed by atoms with van der Waals surface area (Å²) in [6.07, 6.45) is 14.9. The van der Waals surface area contributed by atoms with Crippen LogP contribution in [0.2, 0.25) is 0 Å². The van der Waals surface area contributed by atoms with Crippen LogP contribution in [-0.4, -0.2) is 53.6 Å². The smallest absolute Gasteiger partial charge is 0.112 e. The van der Waals surface area contributed by atoms with Gasteiger partial charge in [-0.2, -0.15) is 0 Å². The average molecular weight is 1460 g/mol. The zero-order valence-corrected chi connectivity index (χ0v) is 62.5. The fourth-order valence-electron chi connectivity index (χ4n) is 12.3. The van der Waals surface area contributed by atoms with Gasteiger partial charge in [0.2, 0.25) is 0 Å². The van der Waals surface area contributed by atoms with E-state index in [-0.39, 0.29) is 73.2 Å². The number of hydrogen-bond donors (Lipinski definition) is 3. The van der Waals surface area contributed by atoms with Gasteiger partial charge in [-0.25, -0.2) is 0 Å². The highest BCUT2D eigenvalue weighted by molar-refractivity contribution is 7.96. The molecule has 0 radical (unpaired) electrons. The molecule has 0 spiro atoms. The van der Waals surface area contributed by atoms with Gasteiger partial charge in [0.25, 0.3) is 0 Å². The Morgan fingerprint density at radius 2 is 0.311 bits per heavy atom. The van der Waals surface area contributed by atoms with Crippen molar-refractivity contribution in [2.45, 2.75) is 139 Å². The van der Waals surface area contributed by atoms with Gasteiger partial charge in [0.1, 0.15) is 69.5 Å². The highest BCUT2D eigenvalue weighted by Crippen LogP contribution is 2.58. The molecule has 0 aliphatic carbocycles. The lowest BCUT2D eigenvalue weighted by Gasteiger charge is -2.28. The minimum Gasteiger partial charge on any atom is -1.00 e. The van der Waals surface area contributed by atoms with Crippen LogP contribution in [0.5, 0.6) is 0 Å². The standard InChI is InChI=1S/3C27H34OP.BrH.ClH.HI/c3*1-4-22-8-14-25(15-9-22)29(21-7-20-28,26-16-10-23(5-2)11-17-26)27-18-12-24(6-3)13-19-27;;;/h3*8-19,28H,4-7,20-21H2,1-3H3;3*1H/q3*+1;;;/p-3. The molecule has 3 N–H and O–H groups in total. The van der Waals surface area contributed by atoms with Gasteiger partial charge in [0.05, 0.1) is 18.5 Å². The summed E-state index contributed by atoms with van der Waals surface area (Å²) in [4.78, 5) is 0. The Kier molecular flexibility index (Phi) is 34.7. The van der Waals surface area contributed by atoms with E-state index in [9.17, 15) is 15.3 Å². The van der Waals surface area contributed by atoms with Crippen molar-refractivity contribution in [3.63, 3.8) is 0 Å². The molecule has 0 unspecified atom stereocenters. The van der Waals surface area contributed by atoms with E-state index in [1.54, 1.807) is 0 Å². The van der Waals surface area contributed by atoms with Gasteiger partial charge in [-0.3, -0.25) is 0 Å². The second kappa shape index (κ2) is 40.0. The maximum Gasteiger partial charge on any atom is 0.112 e. The largest absolute Gasteiger partial charge is 1.00 e. The fraction of sp³-hybridized carbons (Fsp3) is 0.333. The Hall–Kier alpha value is -4.35. The summed E-state index contributed by atoms with van der Waals surface area (Å²) in [5, 5.41) is 41.9. The van der Waals surface area contributed by atoms with Crippen LogP contribution < -0.4 is 101 Å². The van der Waals surface area contributed by atoms with Crippen LogP contribution in [0.25, 0.3) is 0 Å². The van der Waals surface area contributed by atoms with Crippen LogP contribution in [0.1, 0.15) is 132 Å². The SMILES string of the molecule is CCc1ccc([P+](CCCO)(c2ccc(CC)cc2)c2ccc(CC)cc2)cc1.CCc1ccc([P+](CCCO)(c2ccc(CC)cc2)c2ccc(CC)cc2)cc1.CCc1ccc([P+](CCCO)(c2ccc(CC)cc2)c2ccc(CC)cc2)cc1.[Br-].[Cl-].[I-]. The highest BCUT2D eigenvalue weighted by Gasteiger charge is 2.47. The van der Waals surface area contributed by atoms with Gasteiger partial charge in [-0.1, -0.05) is 172 Å². The Morgan fingerprint density at radius 1 is 0.211 bits per heavy atom. The van der Waals surface area contributed by atoms with E-state index in [0.29, 0.717) is 0 Å². The van der Waals surface area contributed by atoms with Crippen LogP contribution in [0.4, 0.5) is 0 Å². The maximum absolute atomic E-state index is 9.73. The van der Waals surface area contributed by atoms with Gasteiger partial charge in [-0.15, -0.1) is 0 Å². The summed E-state index contributed by atoms with van der Waals surface area (Å²) < 4.78 is 0. The number of benzene rings is 9.